The van der Waals surface area contributed by atoms with Crippen LogP contribution in [0.3, 0.4) is 0 Å². The normalized spacial score (nSPS) is 18.0. The molecule has 0 bridgehead atoms. The number of rotatable bonds is 5. The lowest BCUT2D eigenvalue weighted by Crippen LogP contribution is -2.40. The van der Waals surface area contributed by atoms with Crippen LogP contribution >= 0.6 is 0 Å². The van der Waals surface area contributed by atoms with Crippen molar-refractivity contribution in [3.8, 4) is 5.88 Å². The molecule has 1 amide bonds. The molecular formula is C20H24N6O2. The highest BCUT2D eigenvalue weighted by atomic mass is 16.5. The van der Waals surface area contributed by atoms with Gasteiger partial charge in [0.05, 0.1) is 31.0 Å². The summed E-state index contributed by atoms with van der Waals surface area (Å²) in [5.41, 5.74) is 2.64. The molecule has 2 fully saturated rings. The number of imidazole rings is 2. The Labute approximate surface area is 163 Å². The third-order valence-electron chi connectivity index (χ3n) is 5.71. The van der Waals surface area contributed by atoms with Crippen molar-refractivity contribution >= 4 is 11.6 Å². The summed E-state index contributed by atoms with van der Waals surface area (Å²) in [4.78, 5) is 23.1. The van der Waals surface area contributed by atoms with Crippen molar-refractivity contribution in [3.63, 3.8) is 0 Å². The van der Waals surface area contributed by atoms with Crippen LogP contribution in [0.2, 0.25) is 0 Å². The Kier molecular flexibility index (Phi) is 4.26. The maximum atomic E-state index is 12.6. The van der Waals surface area contributed by atoms with Crippen LogP contribution in [0.5, 0.6) is 5.88 Å². The minimum Gasteiger partial charge on any atom is -0.476 e. The fraction of sp³-hybridized carbons (Fsp3) is 0.500. The maximum absolute atomic E-state index is 12.6. The number of nitrogens with zero attached hydrogens (tertiary/aromatic N) is 6. The van der Waals surface area contributed by atoms with E-state index in [1.165, 1.54) is 12.8 Å². The second-order valence-corrected chi connectivity index (χ2v) is 7.85. The molecule has 1 saturated carbocycles. The van der Waals surface area contributed by atoms with Crippen molar-refractivity contribution < 1.29 is 9.53 Å². The average Bonchev–Trinajstić information content (AvgIpc) is 3.34. The molecule has 0 spiro atoms. The van der Waals surface area contributed by atoms with Crippen LogP contribution in [-0.2, 0) is 7.05 Å². The zero-order chi connectivity index (χ0) is 19.1. The Balaban J connectivity index is 1.15. The first-order chi connectivity index (χ1) is 13.7. The topological polar surface area (TPSA) is 77.5 Å². The van der Waals surface area contributed by atoms with Gasteiger partial charge in [0.15, 0.2) is 5.65 Å². The summed E-state index contributed by atoms with van der Waals surface area (Å²) >= 11 is 0. The lowest BCUT2D eigenvalue weighted by molar-refractivity contribution is 0.0649. The highest BCUT2D eigenvalue weighted by Gasteiger charge is 2.27. The van der Waals surface area contributed by atoms with E-state index in [0.29, 0.717) is 30.0 Å². The van der Waals surface area contributed by atoms with Crippen molar-refractivity contribution in [1.82, 2.24) is 29.0 Å². The number of fused-ring (bicyclic) bond motifs is 1. The van der Waals surface area contributed by atoms with Gasteiger partial charge in [-0.1, -0.05) is 0 Å². The zero-order valence-electron chi connectivity index (χ0n) is 16.0. The minimum absolute atomic E-state index is 0.0538. The van der Waals surface area contributed by atoms with Gasteiger partial charge in [0.1, 0.15) is 5.69 Å². The van der Waals surface area contributed by atoms with Crippen molar-refractivity contribution in [2.75, 3.05) is 19.7 Å². The van der Waals surface area contributed by atoms with Gasteiger partial charge in [-0.05, 0) is 37.7 Å². The number of piperidine rings is 1. The first kappa shape index (κ1) is 17.2. The molecule has 3 aromatic heterocycles. The summed E-state index contributed by atoms with van der Waals surface area (Å²) in [7, 11) is 1.85. The van der Waals surface area contributed by atoms with Crippen LogP contribution in [0.4, 0.5) is 0 Å². The van der Waals surface area contributed by atoms with Crippen LogP contribution in [-0.4, -0.2) is 54.7 Å². The predicted octanol–water partition coefficient (Wildman–Crippen LogP) is 2.27. The van der Waals surface area contributed by atoms with E-state index in [1.54, 1.807) is 17.1 Å². The maximum Gasteiger partial charge on any atom is 0.272 e. The second-order valence-electron chi connectivity index (χ2n) is 7.85. The Morgan fingerprint density at radius 1 is 1.21 bits per heavy atom. The molecule has 28 heavy (non-hydrogen) atoms. The molecule has 0 aromatic carbocycles. The number of aromatic nitrogens is 5. The molecule has 5 rings (SSSR count). The Morgan fingerprint density at radius 3 is 2.75 bits per heavy atom. The van der Waals surface area contributed by atoms with Gasteiger partial charge in [0.25, 0.3) is 5.91 Å². The number of likely N-dealkylation sites (tertiary alicyclic amines) is 1. The Hall–Kier alpha value is -2.90. The molecule has 8 nitrogen and oxygen atoms in total. The number of ether oxygens (including phenoxy) is 1. The van der Waals surface area contributed by atoms with Crippen LogP contribution < -0.4 is 4.74 Å². The number of hydrogen-bond donors (Lipinski definition) is 0. The predicted molar refractivity (Wildman–Crippen MR) is 102 cm³/mol. The number of hydrogen-bond acceptors (Lipinski definition) is 5. The molecule has 0 unspecified atom stereocenters. The molecule has 3 aromatic rings. The zero-order valence-corrected chi connectivity index (χ0v) is 16.0. The van der Waals surface area contributed by atoms with Gasteiger partial charge < -0.3 is 14.2 Å². The standard InChI is InChI=1S/C20H24N6O2/c1-24-13-21-10-17(24)20(27)25-8-6-14(7-9-25)12-28-19-5-4-18-22-16(15-2-3-15)11-26(18)23-19/h4-5,10-11,13-15H,2-3,6-9,12H2,1H3. The van der Waals surface area contributed by atoms with E-state index in [9.17, 15) is 4.79 Å². The summed E-state index contributed by atoms with van der Waals surface area (Å²) in [6.07, 6.45) is 9.63. The summed E-state index contributed by atoms with van der Waals surface area (Å²) in [6.45, 7) is 2.12. The summed E-state index contributed by atoms with van der Waals surface area (Å²) in [5, 5.41) is 4.53. The van der Waals surface area contributed by atoms with Crippen LogP contribution in [0.25, 0.3) is 5.65 Å². The molecule has 0 radical (unpaired) electrons. The SMILES string of the molecule is Cn1cncc1C(=O)N1CCC(COc2ccc3nc(C4CC4)cn3n2)CC1. The number of aryl methyl sites for hydroxylation is 1. The number of amides is 1. The minimum atomic E-state index is 0.0538. The Bertz CT molecular complexity index is 997. The monoisotopic (exact) mass is 380 g/mol. The third kappa shape index (κ3) is 3.34. The second kappa shape index (κ2) is 6.92. The lowest BCUT2D eigenvalue weighted by atomic mass is 9.97. The Morgan fingerprint density at radius 2 is 2.04 bits per heavy atom. The fourth-order valence-corrected chi connectivity index (χ4v) is 3.77. The van der Waals surface area contributed by atoms with Gasteiger partial charge >= 0.3 is 0 Å². The molecule has 1 aliphatic heterocycles. The quantitative estimate of drug-likeness (QED) is 0.679. The van der Waals surface area contributed by atoms with Crippen molar-refractivity contribution in [2.24, 2.45) is 13.0 Å². The van der Waals surface area contributed by atoms with E-state index in [2.05, 4.69) is 15.1 Å². The van der Waals surface area contributed by atoms with Gasteiger partial charge in [-0.2, -0.15) is 0 Å². The van der Waals surface area contributed by atoms with E-state index >= 15 is 0 Å². The molecule has 0 atom stereocenters. The molecule has 0 N–H and O–H groups in total. The van der Waals surface area contributed by atoms with Crippen LogP contribution in [0, 0.1) is 5.92 Å². The summed E-state index contributed by atoms with van der Waals surface area (Å²) in [5.74, 6) is 1.72. The first-order valence-corrected chi connectivity index (χ1v) is 9.92. The van der Waals surface area contributed by atoms with Crippen LogP contribution in [0.15, 0.2) is 30.9 Å². The van der Waals surface area contributed by atoms with E-state index in [1.807, 2.05) is 34.8 Å². The molecule has 4 heterocycles. The van der Waals surface area contributed by atoms with Gasteiger partial charge in [-0.25, -0.2) is 14.5 Å². The summed E-state index contributed by atoms with van der Waals surface area (Å²) < 4.78 is 9.53. The van der Waals surface area contributed by atoms with Crippen molar-refractivity contribution in [3.05, 3.63) is 42.2 Å². The molecule has 1 aliphatic carbocycles. The molecule has 1 saturated heterocycles. The van der Waals surface area contributed by atoms with E-state index in [0.717, 1.165) is 37.3 Å². The van der Waals surface area contributed by atoms with E-state index in [4.69, 9.17) is 4.74 Å². The largest absolute Gasteiger partial charge is 0.476 e. The van der Waals surface area contributed by atoms with Gasteiger partial charge in [-0.15, -0.1) is 5.10 Å². The molecular weight excluding hydrogens is 356 g/mol. The number of carbonyl (C=O) groups excluding carboxylic acids is 1. The molecule has 8 heteroatoms. The van der Waals surface area contributed by atoms with Crippen molar-refractivity contribution in [2.45, 2.75) is 31.6 Å². The first-order valence-electron chi connectivity index (χ1n) is 9.92. The van der Waals surface area contributed by atoms with Gasteiger partial charge in [-0.3, -0.25) is 4.79 Å². The molecule has 146 valence electrons. The molecule has 2 aliphatic rings. The van der Waals surface area contributed by atoms with Gasteiger partial charge in [0.2, 0.25) is 5.88 Å². The van der Waals surface area contributed by atoms with Crippen LogP contribution in [0.1, 0.15) is 47.8 Å². The highest BCUT2D eigenvalue weighted by molar-refractivity contribution is 5.92. The average molecular weight is 380 g/mol. The number of carbonyl (C=O) groups is 1. The van der Waals surface area contributed by atoms with E-state index in [-0.39, 0.29) is 5.91 Å². The van der Waals surface area contributed by atoms with E-state index < -0.39 is 0 Å². The third-order valence-corrected chi connectivity index (χ3v) is 5.71. The highest BCUT2D eigenvalue weighted by Crippen LogP contribution is 2.39. The fourth-order valence-electron chi connectivity index (χ4n) is 3.77. The summed E-state index contributed by atoms with van der Waals surface area (Å²) in [6, 6.07) is 3.85. The van der Waals surface area contributed by atoms with Crippen molar-refractivity contribution in [1.29, 1.82) is 0 Å². The lowest BCUT2D eigenvalue weighted by Gasteiger charge is -2.31. The smallest absolute Gasteiger partial charge is 0.272 e. The van der Waals surface area contributed by atoms with Gasteiger partial charge in [0, 0.05) is 32.1 Å².